The molecule has 1 unspecified atom stereocenters. The highest BCUT2D eigenvalue weighted by molar-refractivity contribution is 9.10. The predicted octanol–water partition coefficient (Wildman–Crippen LogP) is 2.85. The number of hydrogen-bond donors (Lipinski definition) is 0. The van der Waals surface area contributed by atoms with Crippen molar-refractivity contribution in [1.82, 2.24) is 4.98 Å². The van der Waals surface area contributed by atoms with E-state index in [1.165, 1.54) is 6.42 Å². The summed E-state index contributed by atoms with van der Waals surface area (Å²) in [6.45, 7) is 2.87. The Bertz CT molecular complexity index is 292. The molecular formula is C9H12BrNO2. The third kappa shape index (κ3) is 1.79. The van der Waals surface area contributed by atoms with Crippen molar-refractivity contribution >= 4 is 15.9 Å². The average Bonchev–Trinajstić information content (AvgIpc) is 2.54. The van der Waals surface area contributed by atoms with Gasteiger partial charge in [-0.25, -0.2) is 4.98 Å². The second kappa shape index (κ2) is 3.42. The molecule has 1 saturated heterocycles. The molecule has 0 aromatic carbocycles. The summed E-state index contributed by atoms with van der Waals surface area (Å²) in [5.74, 6) is 0.819. The Kier molecular flexibility index (Phi) is 2.43. The van der Waals surface area contributed by atoms with Crippen LogP contribution in [0.25, 0.3) is 0 Å². The van der Waals surface area contributed by atoms with Crippen molar-refractivity contribution in [3.05, 3.63) is 16.8 Å². The highest BCUT2D eigenvalue weighted by atomic mass is 79.9. The number of rotatable bonds is 1. The third-order valence-corrected chi connectivity index (χ3v) is 2.83. The Morgan fingerprint density at radius 2 is 2.38 bits per heavy atom. The van der Waals surface area contributed by atoms with E-state index in [4.69, 9.17) is 9.15 Å². The lowest BCUT2D eigenvalue weighted by Crippen LogP contribution is -2.29. The van der Waals surface area contributed by atoms with Crippen LogP contribution in [-0.2, 0) is 10.3 Å². The van der Waals surface area contributed by atoms with Gasteiger partial charge in [0.15, 0.2) is 5.76 Å². The second-order valence-electron chi connectivity index (χ2n) is 3.51. The Morgan fingerprint density at radius 3 is 2.92 bits per heavy atom. The number of oxazole rings is 1. The average molecular weight is 246 g/mol. The van der Waals surface area contributed by atoms with Gasteiger partial charge in [0.1, 0.15) is 5.60 Å². The summed E-state index contributed by atoms with van der Waals surface area (Å²) >= 11 is 3.19. The zero-order valence-electron chi connectivity index (χ0n) is 7.55. The van der Waals surface area contributed by atoms with Crippen molar-refractivity contribution in [3.8, 4) is 0 Å². The standard InChI is InChI=1S/C9H12BrNO2/c1-9(4-2-3-5-12-9)7-6-11-8(10)13-7/h6H,2-5H2,1H3. The molecule has 72 valence electrons. The molecule has 1 atom stereocenters. The number of hydrogen-bond acceptors (Lipinski definition) is 3. The molecule has 0 aliphatic carbocycles. The van der Waals surface area contributed by atoms with E-state index in [1.54, 1.807) is 6.20 Å². The SMILES string of the molecule is CC1(c2cnc(Br)o2)CCCCO1. The van der Waals surface area contributed by atoms with Gasteiger partial charge in [0.2, 0.25) is 0 Å². The molecule has 1 fully saturated rings. The summed E-state index contributed by atoms with van der Waals surface area (Å²) in [6, 6.07) is 0. The van der Waals surface area contributed by atoms with Gasteiger partial charge in [-0.1, -0.05) is 0 Å². The van der Waals surface area contributed by atoms with Crippen molar-refractivity contribution in [2.45, 2.75) is 31.8 Å². The van der Waals surface area contributed by atoms with E-state index in [1.807, 2.05) is 0 Å². The first-order valence-corrected chi connectivity index (χ1v) is 5.26. The van der Waals surface area contributed by atoms with Crippen LogP contribution in [0.15, 0.2) is 15.4 Å². The maximum atomic E-state index is 5.71. The van der Waals surface area contributed by atoms with Crippen LogP contribution >= 0.6 is 15.9 Å². The van der Waals surface area contributed by atoms with Crippen molar-refractivity contribution in [1.29, 1.82) is 0 Å². The number of halogens is 1. The van der Waals surface area contributed by atoms with Crippen LogP contribution in [0.2, 0.25) is 0 Å². The maximum absolute atomic E-state index is 5.71. The van der Waals surface area contributed by atoms with Crippen LogP contribution in [0.4, 0.5) is 0 Å². The Morgan fingerprint density at radius 1 is 1.54 bits per heavy atom. The van der Waals surface area contributed by atoms with Crippen LogP contribution in [0, 0.1) is 0 Å². The summed E-state index contributed by atoms with van der Waals surface area (Å²) < 4.78 is 11.1. The number of nitrogens with zero attached hydrogens (tertiary/aromatic N) is 1. The van der Waals surface area contributed by atoms with Crippen molar-refractivity contribution < 1.29 is 9.15 Å². The van der Waals surface area contributed by atoms with E-state index in [0.29, 0.717) is 4.80 Å². The van der Waals surface area contributed by atoms with Gasteiger partial charge < -0.3 is 9.15 Å². The molecule has 1 aliphatic heterocycles. The summed E-state index contributed by atoms with van der Waals surface area (Å²) in [5, 5.41) is 0. The molecule has 2 heterocycles. The van der Waals surface area contributed by atoms with Gasteiger partial charge in [-0.05, 0) is 26.2 Å². The predicted molar refractivity (Wildman–Crippen MR) is 51.4 cm³/mol. The van der Waals surface area contributed by atoms with Crippen LogP contribution in [0.5, 0.6) is 0 Å². The molecule has 0 amide bonds. The highest BCUT2D eigenvalue weighted by Gasteiger charge is 2.33. The van der Waals surface area contributed by atoms with E-state index in [2.05, 4.69) is 27.8 Å². The molecule has 3 nitrogen and oxygen atoms in total. The smallest absolute Gasteiger partial charge is 0.264 e. The van der Waals surface area contributed by atoms with Gasteiger partial charge in [0.05, 0.1) is 6.20 Å². The summed E-state index contributed by atoms with van der Waals surface area (Å²) in [4.78, 5) is 4.53. The van der Waals surface area contributed by atoms with E-state index >= 15 is 0 Å². The largest absolute Gasteiger partial charge is 0.433 e. The zero-order chi connectivity index (χ0) is 9.31. The van der Waals surface area contributed by atoms with Crippen LogP contribution in [0.3, 0.4) is 0 Å². The minimum Gasteiger partial charge on any atom is -0.433 e. The second-order valence-corrected chi connectivity index (χ2v) is 4.19. The molecule has 1 aromatic heterocycles. The zero-order valence-corrected chi connectivity index (χ0v) is 9.13. The molecule has 0 bridgehead atoms. The minimum absolute atomic E-state index is 0.267. The molecule has 13 heavy (non-hydrogen) atoms. The Hall–Kier alpha value is -0.350. The van der Waals surface area contributed by atoms with E-state index in [0.717, 1.165) is 25.2 Å². The fourth-order valence-electron chi connectivity index (χ4n) is 1.63. The normalized spacial score (nSPS) is 29.1. The highest BCUT2D eigenvalue weighted by Crippen LogP contribution is 2.35. The van der Waals surface area contributed by atoms with Crippen LogP contribution in [0.1, 0.15) is 31.9 Å². The first kappa shape index (κ1) is 9.21. The number of aromatic nitrogens is 1. The van der Waals surface area contributed by atoms with E-state index in [9.17, 15) is 0 Å². The Labute approximate surface area is 85.6 Å². The Balaban J connectivity index is 2.22. The van der Waals surface area contributed by atoms with Gasteiger partial charge in [0, 0.05) is 22.5 Å². The minimum atomic E-state index is -0.267. The van der Waals surface area contributed by atoms with Crippen molar-refractivity contribution in [3.63, 3.8) is 0 Å². The molecule has 1 aliphatic rings. The first-order valence-electron chi connectivity index (χ1n) is 4.46. The maximum Gasteiger partial charge on any atom is 0.264 e. The molecule has 0 saturated carbocycles. The van der Waals surface area contributed by atoms with Gasteiger partial charge in [-0.15, -0.1) is 0 Å². The topological polar surface area (TPSA) is 35.3 Å². The van der Waals surface area contributed by atoms with E-state index in [-0.39, 0.29) is 5.60 Å². The van der Waals surface area contributed by atoms with E-state index < -0.39 is 0 Å². The third-order valence-electron chi connectivity index (χ3n) is 2.47. The fourth-order valence-corrected chi connectivity index (χ4v) is 1.90. The monoisotopic (exact) mass is 245 g/mol. The van der Waals surface area contributed by atoms with Crippen LogP contribution in [-0.4, -0.2) is 11.6 Å². The molecule has 2 rings (SSSR count). The van der Waals surface area contributed by atoms with Gasteiger partial charge in [-0.3, -0.25) is 0 Å². The van der Waals surface area contributed by atoms with Crippen molar-refractivity contribution in [2.75, 3.05) is 6.61 Å². The molecule has 0 radical (unpaired) electrons. The molecular weight excluding hydrogens is 234 g/mol. The summed E-state index contributed by atoms with van der Waals surface area (Å²) in [7, 11) is 0. The van der Waals surface area contributed by atoms with Crippen molar-refractivity contribution in [2.24, 2.45) is 0 Å². The molecule has 1 aromatic rings. The van der Waals surface area contributed by atoms with Gasteiger partial charge in [0.25, 0.3) is 4.80 Å². The lowest BCUT2D eigenvalue weighted by molar-refractivity contribution is -0.0835. The molecule has 4 heteroatoms. The van der Waals surface area contributed by atoms with Crippen LogP contribution < -0.4 is 0 Å². The molecule has 0 spiro atoms. The van der Waals surface area contributed by atoms with Gasteiger partial charge in [-0.2, -0.15) is 0 Å². The van der Waals surface area contributed by atoms with Gasteiger partial charge >= 0.3 is 0 Å². The molecule has 0 N–H and O–H groups in total. The lowest BCUT2D eigenvalue weighted by Gasteiger charge is -2.31. The lowest BCUT2D eigenvalue weighted by atomic mass is 9.94. The summed E-state index contributed by atoms with van der Waals surface area (Å²) in [5.41, 5.74) is -0.267. The first-order chi connectivity index (χ1) is 6.21. The summed E-state index contributed by atoms with van der Waals surface area (Å²) in [6.07, 6.45) is 5.07. The fraction of sp³-hybridized carbons (Fsp3) is 0.667. The quantitative estimate of drug-likeness (QED) is 0.764. The number of ether oxygens (including phenoxy) is 1.